The normalized spacial score (nSPS) is 12.5. The molecule has 0 aliphatic rings. The van der Waals surface area contributed by atoms with Crippen LogP contribution >= 0.6 is 11.6 Å². The number of ether oxygens (including phenoxy) is 2. The van der Waals surface area contributed by atoms with Gasteiger partial charge in [-0.2, -0.15) is 5.10 Å². The number of rotatable bonds is 5. The summed E-state index contributed by atoms with van der Waals surface area (Å²) in [4.78, 5) is 0. The standard InChI is InChI=1S/C15H20ClN3O2/c1-9(2)19-15(13(21-4)8-18-19)14(17)11-6-5-10(16)7-12(11)20-3/h5-9,14H,17H2,1-4H3. The summed E-state index contributed by atoms with van der Waals surface area (Å²) in [5.74, 6) is 1.31. The predicted octanol–water partition coefficient (Wildman–Crippen LogP) is 3.18. The molecule has 6 heteroatoms. The Balaban J connectivity index is 2.54. The quantitative estimate of drug-likeness (QED) is 0.921. The minimum Gasteiger partial charge on any atom is -0.496 e. The molecule has 114 valence electrons. The van der Waals surface area contributed by atoms with Gasteiger partial charge in [0.1, 0.15) is 11.4 Å². The van der Waals surface area contributed by atoms with E-state index in [2.05, 4.69) is 5.10 Å². The van der Waals surface area contributed by atoms with Gasteiger partial charge in [-0.05, 0) is 26.0 Å². The van der Waals surface area contributed by atoms with Crippen LogP contribution in [-0.2, 0) is 0 Å². The largest absolute Gasteiger partial charge is 0.496 e. The molecule has 1 heterocycles. The molecule has 2 rings (SSSR count). The lowest BCUT2D eigenvalue weighted by atomic mass is 10.0. The molecule has 1 aromatic heterocycles. The Labute approximate surface area is 129 Å². The van der Waals surface area contributed by atoms with Crippen LogP contribution in [0.2, 0.25) is 5.02 Å². The summed E-state index contributed by atoms with van der Waals surface area (Å²) in [7, 11) is 3.20. The third-order valence-electron chi connectivity index (χ3n) is 3.33. The van der Waals surface area contributed by atoms with Crippen molar-refractivity contribution in [3.05, 3.63) is 40.7 Å². The zero-order valence-electron chi connectivity index (χ0n) is 12.6. The van der Waals surface area contributed by atoms with Gasteiger partial charge in [0.25, 0.3) is 0 Å². The van der Waals surface area contributed by atoms with Crippen LogP contribution in [0.25, 0.3) is 0 Å². The van der Waals surface area contributed by atoms with Crippen molar-refractivity contribution in [2.24, 2.45) is 5.73 Å². The van der Waals surface area contributed by atoms with Gasteiger partial charge in [0.15, 0.2) is 5.75 Å². The molecule has 21 heavy (non-hydrogen) atoms. The molecule has 0 spiro atoms. The highest BCUT2D eigenvalue weighted by Gasteiger charge is 2.24. The first-order valence-corrected chi connectivity index (χ1v) is 7.07. The van der Waals surface area contributed by atoms with Crippen molar-refractivity contribution in [1.29, 1.82) is 0 Å². The summed E-state index contributed by atoms with van der Waals surface area (Å²) in [6.07, 6.45) is 1.68. The first kappa shape index (κ1) is 15.7. The van der Waals surface area contributed by atoms with Crippen LogP contribution in [0.1, 0.15) is 37.2 Å². The smallest absolute Gasteiger partial charge is 0.161 e. The molecular formula is C15H20ClN3O2. The van der Waals surface area contributed by atoms with E-state index in [1.165, 1.54) is 0 Å². The highest BCUT2D eigenvalue weighted by Crippen LogP contribution is 2.35. The van der Waals surface area contributed by atoms with E-state index in [-0.39, 0.29) is 6.04 Å². The predicted molar refractivity (Wildman–Crippen MR) is 83.2 cm³/mol. The van der Waals surface area contributed by atoms with Gasteiger partial charge in [0.05, 0.1) is 26.5 Å². The summed E-state index contributed by atoms with van der Waals surface area (Å²) < 4.78 is 12.6. The third kappa shape index (κ3) is 2.99. The van der Waals surface area contributed by atoms with Gasteiger partial charge in [-0.1, -0.05) is 17.7 Å². The zero-order chi connectivity index (χ0) is 15.6. The third-order valence-corrected chi connectivity index (χ3v) is 3.57. The van der Waals surface area contributed by atoms with E-state index < -0.39 is 6.04 Å². The van der Waals surface area contributed by atoms with E-state index >= 15 is 0 Å². The van der Waals surface area contributed by atoms with E-state index in [0.717, 1.165) is 11.3 Å². The van der Waals surface area contributed by atoms with Gasteiger partial charge < -0.3 is 15.2 Å². The summed E-state index contributed by atoms with van der Waals surface area (Å²) >= 11 is 6.00. The number of methoxy groups -OCH3 is 2. The fourth-order valence-electron chi connectivity index (χ4n) is 2.31. The van der Waals surface area contributed by atoms with E-state index in [1.807, 2.05) is 24.6 Å². The zero-order valence-corrected chi connectivity index (χ0v) is 13.4. The van der Waals surface area contributed by atoms with Crippen molar-refractivity contribution < 1.29 is 9.47 Å². The molecule has 0 aliphatic heterocycles. The molecule has 2 N–H and O–H groups in total. The highest BCUT2D eigenvalue weighted by atomic mass is 35.5. The van der Waals surface area contributed by atoms with Crippen molar-refractivity contribution in [3.63, 3.8) is 0 Å². The Kier molecular flexibility index (Phi) is 4.75. The maximum atomic E-state index is 6.44. The van der Waals surface area contributed by atoms with Gasteiger partial charge in [0.2, 0.25) is 0 Å². The molecule has 2 aromatic rings. The Morgan fingerprint density at radius 2 is 1.86 bits per heavy atom. The molecule has 0 fully saturated rings. The molecule has 0 amide bonds. The molecule has 5 nitrogen and oxygen atoms in total. The fourth-order valence-corrected chi connectivity index (χ4v) is 2.47. The van der Waals surface area contributed by atoms with Gasteiger partial charge in [0, 0.05) is 16.6 Å². The van der Waals surface area contributed by atoms with E-state index in [1.54, 1.807) is 32.5 Å². The number of aromatic nitrogens is 2. The van der Waals surface area contributed by atoms with Gasteiger partial charge in [-0.3, -0.25) is 4.68 Å². The van der Waals surface area contributed by atoms with Crippen molar-refractivity contribution in [3.8, 4) is 11.5 Å². The van der Waals surface area contributed by atoms with Crippen LogP contribution in [0.15, 0.2) is 24.4 Å². The van der Waals surface area contributed by atoms with Gasteiger partial charge in [-0.15, -0.1) is 0 Å². The average molecular weight is 310 g/mol. The van der Waals surface area contributed by atoms with Crippen LogP contribution in [-0.4, -0.2) is 24.0 Å². The number of nitrogens with zero attached hydrogens (tertiary/aromatic N) is 2. The molecule has 0 aliphatic carbocycles. The second-order valence-electron chi connectivity index (χ2n) is 5.00. The van der Waals surface area contributed by atoms with Crippen molar-refractivity contribution in [1.82, 2.24) is 9.78 Å². The lowest BCUT2D eigenvalue weighted by Crippen LogP contribution is -2.20. The second kappa shape index (κ2) is 6.37. The molecular weight excluding hydrogens is 290 g/mol. The minimum absolute atomic E-state index is 0.174. The average Bonchev–Trinajstić information content (AvgIpc) is 2.90. The first-order valence-electron chi connectivity index (χ1n) is 6.70. The van der Waals surface area contributed by atoms with Gasteiger partial charge >= 0.3 is 0 Å². The fraction of sp³-hybridized carbons (Fsp3) is 0.400. The van der Waals surface area contributed by atoms with Crippen LogP contribution in [0, 0.1) is 0 Å². The molecule has 0 saturated carbocycles. The number of nitrogens with two attached hydrogens (primary N) is 1. The summed E-state index contributed by atoms with van der Waals surface area (Å²) in [6, 6.07) is 5.16. The number of hydrogen-bond acceptors (Lipinski definition) is 4. The van der Waals surface area contributed by atoms with Crippen LogP contribution < -0.4 is 15.2 Å². The molecule has 0 radical (unpaired) electrons. The number of hydrogen-bond donors (Lipinski definition) is 1. The monoisotopic (exact) mass is 309 g/mol. The van der Waals surface area contributed by atoms with Crippen molar-refractivity contribution in [2.75, 3.05) is 14.2 Å². The topological polar surface area (TPSA) is 62.3 Å². The maximum absolute atomic E-state index is 6.44. The van der Waals surface area contributed by atoms with E-state index in [9.17, 15) is 0 Å². The first-order chi connectivity index (χ1) is 9.99. The molecule has 0 bridgehead atoms. The van der Waals surface area contributed by atoms with Crippen LogP contribution in [0.3, 0.4) is 0 Å². The molecule has 0 saturated heterocycles. The van der Waals surface area contributed by atoms with Gasteiger partial charge in [-0.25, -0.2) is 0 Å². The van der Waals surface area contributed by atoms with E-state index in [4.69, 9.17) is 26.8 Å². The lowest BCUT2D eigenvalue weighted by molar-refractivity contribution is 0.393. The number of halogens is 1. The maximum Gasteiger partial charge on any atom is 0.161 e. The Morgan fingerprint density at radius 3 is 2.43 bits per heavy atom. The second-order valence-corrected chi connectivity index (χ2v) is 5.44. The molecule has 1 unspecified atom stereocenters. The number of benzene rings is 1. The van der Waals surface area contributed by atoms with Crippen molar-refractivity contribution >= 4 is 11.6 Å². The molecule has 1 aromatic carbocycles. The summed E-state index contributed by atoms with van der Waals surface area (Å²) in [5.41, 5.74) is 8.09. The Bertz CT molecular complexity index is 625. The van der Waals surface area contributed by atoms with Crippen LogP contribution in [0.4, 0.5) is 0 Å². The summed E-state index contributed by atoms with van der Waals surface area (Å²) in [6.45, 7) is 4.09. The van der Waals surface area contributed by atoms with Crippen LogP contribution in [0.5, 0.6) is 11.5 Å². The lowest BCUT2D eigenvalue weighted by Gasteiger charge is -2.20. The van der Waals surface area contributed by atoms with E-state index in [0.29, 0.717) is 16.5 Å². The van der Waals surface area contributed by atoms with Crippen molar-refractivity contribution in [2.45, 2.75) is 25.9 Å². The Hall–Kier alpha value is -1.72. The SMILES string of the molecule is COc1cc(Cl)ccc1C(N)c1c(OC)cnn1C(C)C. The minimum atomic E-state index is -0.419. The Morgan fingerprint density at radius 1 is 1.19 bits per heavy atom. The summed E-state index contributed by atoms with van der Waals surface area (Å²) in [5, 5.41) is 4.95. The highest BCUT2D eigenvalue weighted by molar-refractivity contribution is 6.30. The molecule has 1 atom stereocenters.